The maximum atomic E-state index is 11.8. The molecule has 3 atom stereocenters. The largest absolute Gasteiger partial charge is 0.497 e. The van der Waals surface area contributed by atoms with Crippen molar-refractivity contribution >= 4 is 9.84 Å². The molecule has 5 heteroatoms. The Kier molecular flexibility index (Phi) is 3.14. The lowest BCUT2D eigenvalue weighted by atomic mass is 10.1. The minimum absolute atomic E-state index is 0.0640. The predicted molar refractivity (Wildman–Crippen MR) is 67.0 cm³/mol. The number of sulfone groups is 1. The summed E-state index contributed by atoms with van der Waals surface area (Å²) < 4.78 is 28.6. The van der Waals surface area contributed by atoms with E-state index in [1.165, 1.54) is 0 Å². The molecular weight excluding hydrogens is 238 g/mol. The number of hydrogen-bond donors (Lipinski definition) is 1. The van der Waals surface area contributed by atoms with Crippen molar-refractivity contribution < 1.29 is 13.2 Å². The second-order valence-electron chi connectivity index (χ2n) is 4.29. The maximum Gasteiger partial charge on any atom is 0.155 e. The topological polar surface area (TPSA) is 69.4 Å². The number of nitrogens with two attached hydrogens (primary N) is 1. The Morgan fingerprint density at radius 3 is 2.35 bits per heavy atom. The van der Waals surface area contributed by atoms with Gasteiger partial charge in [-0.15, -0.1) is 0 Å². The summed E-state index contributed by atoms with van der Waals surface area (Å²) in [5.74, 6) is 0.849. The lowest BCUT2D eigenvalue weighted by Crippen LogP contribution is -2.17. The summed E-state index contributed by atoms with van der Waals surface area (Å²) in [7, 11) is -1.44. The molecule has 0 spiro atoms. The van der Waals surface area contributed by atoms with Crippen molar-refractivity contribution in [2.45, 2.75) is 24.1 Å². The summed E-state index contributed by atoms with van der Waals surface area (Å²) in [4.78, 5) is 0. The first-order valence-corrected chi connectivity index (χ1v) is 7.34. The zero-order valence-corrected chi connectivity index (χ0v) is 10.8. The number of benzene rings is 1. The fourth-order valence-corrected chi connectivity index (χ4v) is 3.93. The summed E-state index contributed by atoms with van der Waals surface area (Å²) in [5, 5.41) is -0.416. The van der Waals surface area contributed by atoms with Crippen LogP contribution in [0.1, 0.15) is 18.4 Å². The standard InChI is InChI=1S/C12H17NO3S/c1-3-17(14,15)12-10(11(12)13)8-4-6-9(16-2)7-5-8/h4-7,10-12H,3,13H2,1-2H3/t10-,11+,12+/m1/s1. The Hall–Kier alpha value is -1.07. The molecule has 4 nitrogen and oxygen atoms in total. The minimum Gasteiger partial charge on any atom is -0.497 e. The lowest BCUT2D eigenvalue weighted by Gasteiger charge is -2.02. The quantitative estimate of drug-likeness (QED) is 0.868. The van der Waals surface area contributed by atoms with E-state index < -0.39 is 15.1 Å². The van der Waals surface area contributed by atoms with Gasteiger partial charge in [0.2, 0.25) is 0 Å². The highest BCUT2D eigenvalue weighted by Crippen LogP contribution is 2.45. The highest BCUT2D eigenvalue weighted by molar-refractivity contribution is 7.92. The molecule has 0 unspecified atom stereocenters. The van der Waals surface area contributed by atoms with Crippen molar-refractivity contribution in [3.63, 3.8) is 0 Å². The Labute approximate surface area is 102 Å². The van der Waals surface area contributed by atoms with Gasteiger partial charge in [-0.25, -0.2) is 8.42 Å². The van der Waals surface area contributed by atoms with Crippen molar-refractivity contribution in [3.05, 3.63) is 29.8 Å². The number of rotatable bonds is 4. The third kappa shape index (κ3) is 2.17. The highest BCUT2D eigenvalue weighted by Gasteiger charge is 2.55. The first-order valence-electron chi connectivity index (χ1n) is 5.62. The molecule has 0 aromatic heterocycles. The first kappa shape index (κ1) is 12.4. The third-order valence-electron chi connectivity index (χ3n) is 3.32. The molecule has 1 fully saturated rings. The van der Waals surface area contributed by atoms with Gasteiger partial charge in [-0.05, 0) is 17.7 Å². The summed E-state index contributed by atoms with van der Waals surface area (Å²) in [6, 6.07) is 7.16. The molecule has 1 aromatic carbocycles. The average molecular weight is 255 g/mol. The van der Waals surface area contributed by atoms with E-state index in [9.17, 15) is 8.42 Å². The third-order valence-corrected chi connectivity index (χ3v) is 5.57. The number of ether oxygens (including phenoxy) is 1. The van der Waals surface area contributed by atoms with E-state index in [1.807, 2.05) is 24.3 Å². The van der Waals surface area contributed by atoms with Crippen LogP contribution in [0.5, 0.6) is 5.75 Å². The molecule has 2 rings (SSSR count). The van der Waals surface area contributed by atoms with E-state index in [0.717, 1.165) is 11.3 Å². The molecule has 0 saturated heterocycles. The SMILES string of the molecule is CCS(=O)(=O)[C@@H]1[C@@H](N)[C@H]1c1ccc(OC)cc1. The molecule has 94 valence electrons. The van der Waals surface area contributed by atoms with Gasteiger partial charge in [0, 0.05) is 17.7 Å². The van der Waals surface area contributed by atoms with Crippen LogP contribution in [0, 0.1) is 0 Å². The van der Waals surface area contributed by atoms with Crippen molar-refractivity contribution in [2.75, 3.05) is 12.9 Å². The van der Waals surface area contributed by atoms with Gasteiger partial charge in [0.15, 0.2) is 9.84 Å². The fraction of sp³-hybridized carbons (Fsp3) is 0.500. The molecule has 1 saturated carbocycles. The second-order valence-corrected chi connectivity index (χ2v) is 6.74. The van der Waals surface area contributed by atoms with Crippen molar-refractivity contribution in [3.8, 4) is 5.75 Å². The van der Waals surface area contributed by atoms with Gasteiger partial charge >= 0.3 is 0 Å². The van der Waals surface area contributed by atoms with Crippen molar-refractivity contribution in [1.82, 2.24) is 0 Å². The van der Waals surface area contributed by atoms with Gasteiger partial charge < -0.3 is 10.5 Å². The van der Waals surface area contributed by atoms with Crippen LogP contribution >= 0.6 is 0 Å². The molecule has 1 aromatic rings. The van der Waals surface area contributed by atoms with Crippen LogP contribution in [0.15, 0.2) is 24.3 Å². The molecule has 2 N–H and O–H groups in total. The molecule has 1 aliphatic carbocycles. The van der Waals surface area contributed by atoms with Crippen LogP contribution in [0.3, 0.4) is 0 Å². The molecular formula is C12H17NO3S. The van der Waals surface area contributed by atoms with Gasteiger partial charge in [0.05, 0.1) is 12.4 Å². The average Bonchev–Trinajstić information content (AvgIpc) is 3.02. The van der Waals surface area contributed by atoms with Crippen molar-refractivity contribution in [2.24, 2.45) is 5.73 Å². The molecule has 0 aliphatic heterocycles. The minimum atomic E-state index is -3.04. The number of methoxy groups -OCH3 is 1. The molecule has 0 amide bonds. The fourth-order valence-electron chi connectivity index (χ4n) is 2.20. The Morgan fingerprint density at radius 2 is 1.88 bits per heavy atom. The van der Waals surface area contributed by atoms with Crippen LogP contribution in [-0.4, -0.2) is 32.6 Å². The van der Waals surface area contributed by atoms with Crippen LogP contribution in [0.25, 0.3) is 0 Å². The van der Waals surface area contributed by atoms with Crippen molar-refractivity contribution in [1.29, 1.82) is 0 Å². The number of hydrogen-bond acceptors (Lipinski definition) is 4. The van der Waals surface area contributed by atoms with Gasteiger partial charge in [-0.2, -0.15) is 0 Å². The van der Waals surface area contributed by atoms with Crippen LogP contribution in [0.2, 0.25) is 0 Å². The molecule has 0 radical (unpaired) electrons. The van der Waals surface area contributed by atoms with Crippen LogP contribution < -0.4 is 10.5 Å². The van der Waals surface area contributed by atoms with E-state index in [2.05, 4.69) is 0 Å². The van der Waals surface area contributed by atoms with Gasteiger partial charge in [-0.1, -0.05) is 19.1 Å². The van der Waals surface area contributed by atoms with E-state index >= 15 is 0 Å². The van der Waals surface area contributed by atoms with Crippen LogP contribution in [-0.2, 0) is 9.84 Å². The van der Waals surface area contributed by atoms with E-state index in [4.69, 9.17) is 10.5 Å². The summed E-state index contributed by atoms with van der Waals surface area (Å²) in [5.41, 5.74) is 6.84. The predicted octanol–water partition coefficient (Wildman–Crippen LogP) is 0.923. The monoisotopic (exact) mass is 255 g/mol. The van der Waals surface area contributed by atoms with Gasteiger partial charge in [-0.3, -0.25) is 0 Å². The molecule has 0 bridgehead atoms. The van der Waals surface area contributed by atoms with Crippen LogP contribution in [0.4, 0.5) is 0 Å². The van der Waals surface area contributed by atoms with Gasteiger partial charge in [0.1, 0.15) is 5.75 Å². The highest BCUT2D eigenvalue weighted by atomic mass is 32.2. The second kappa shape index (κ2) is 4.31. The van der Waals surface area contributed by atoms with E-state index in [1.54, 1.807) is 14.0 Å². The molecule has 17 heavy (non-hydrogen) atoms. The summed E-state index contributed by atoms with van der Waals surface area (Å²) in [6.45, 7) is 1.66. The summed E-state index contributed by atoms with van der Waals surface area (Å²) >= 11 is 0. The Bertz CT molecular complexity index is 495. The zero-order valence-electron chi connectivity index (χ0n) is 9.96. The Balaban J connectivity index is 2.20. The molecule has 0 heterocycles. The summed E-state index contributed by atoms with van der Waals surface area (Å²) in [6.07, 6.45) is 0. The normalized spacial score (nSPS) is 27.8. The zero-order chi connectivity index (χ0) is 12.6. The maximum absolute atomic E-state index is 11.8. The van der Waals surface area contributed by atoms with Gasteiger partial charge in [0.25, 0.3) is 0 Å². The van der Waals surface area contributed by atoms with E-state index in [0.29, 0.717) is 0 Å². The first-order chi connectivity index (χ1) is 8.01. The van der Waals surface area contributed by atoms with E-state index in [-0.39, 0.29) is 17.7 Å². The lowest BCUT2D eigenvalue weighted by molar-refractivity contribution is 0.414. The smallest absolute Gasteiger partial charge is 0.155 e. The Morgan fingerprint density at radius 1 is 1.29 bits per heavy atom. The molecule has 1 aliphatic rings.